The van der Waals surface area contributed by atoms with Crippen molar-refractivity contribution < 1.29 is 23.5 Å². The summed E-state index contributed by atoms with van der Waals surface area (Å²) in [7, 11) is 1.28. The summed E-state index contributed by atoms with van der Waals surface area (Å²) >= 11 is 6.08. The maximum absolute atomic E-state index is 12.1. The summed E-state index contributed by atoms with van der Waals surface area (Å²) in [5.74, 6) is -0.690. The Morgan fingerprint density at radius 1 is 1.00 bits per heavy atom. The number of aromatic nitrogens is 2. The van der Waals surface area contributed by atoms with Crippen molar-refractivity contribution in [1.82, 2.24) is 10.2 Å². The molecule has 3 rings (SSSR count). The first kappa shape index (κ1) is 17.6. The van der Waals surface area contributed by atoms with Crippen LogP contribution >= 0.6 is 11.6 Å². The monoisotopic (exact) mass is 372 g/mol. The van der Waals surface area contributed by atoms with Crippen LogP contribution in [0, 0.1) is 0 Å². The predicted molar refractivity (Wildman–Crippen MR) is 91.6 cm³/mol. The molecular formula is C18H13ClN2O5. The second kappa shape index (κ2) is 7.79. The molecule has 0 aliphatic carbocycles. The van der Waals surface area contributed by atoms with Gasteiger partial charge in [0.05, 0.1) is 28.8 Å². The highest BCUT2D eigenvalue weighted by molar-refractivity contribution is 6.33. The SMILES string of the molecule is COC(=O)c1ccc(C(=O)OCc2nnc(-c3ccccc3Cl)o2)cc1. The molecule has 1 heterocycles. The Kier molecular flexibility index (Phi) is 5.28. The van der Waals surface area contributed by atoms with Gasteiger partial charge < -0.3 is 13.9 Å². The van der Waals surface area contributed by atoms with Crippen molar-refractivity contribution in [3.05, 3.63) is 70.6 Å². The van der Waals surface area contributed by atoms with E-state index >= 15 is 0 Å². The van der Waals surface area contributed by atoms with Crippen molar-refractivity contribution in [3.8, 4) is 11.5 Å². The molecule has 0 radical (unpaired) electrons. The summed E-state index contributed by atoms with van der Waals surface area (Å²) in [4.78, 5) is 23.4. The molecule has 0 atom stereocenters. The van der Waals surface area contributed by atoms with Gasteiger partial charge in [0.2, 0.25) is 5.89 Å². The van der Waals surface area contributed by atoms with E-state index in [2.05, 4.69) is 14.9 Å². The molecule has 0 spiro atoms. The molecule has 8 heteroatoms. The highest BCUT2D eigenvalue weighted by atomic mass is 35.5. The van der Waals surface area contributed by atoms with Crippen molar-refractivity contribution in [2.75, 3.05) is 7.11 Å². The topological polar surface area (TPSA) is 91.5 Å². The maximum Gasteiger partial charge on any atom is 0.338 e. The molecule has 0 saturated carbocycles. The van der Waals surface area contributed by atoms with E-state index in [9.17, 15) is 9.59 Å². The standard InChI is InChI=1S/C18H13ClN2O5/c1-24-17(22)11-6-8-12(9-7-11)18(23)25-10-15-20-21-16(26-15)13-4-2-3-5-14(13)19/h2-9H,10H2,1H3. The molecule has 0 aliphatic rings. The van der Waals surface area contributed by atoms with Crippen LogP contribution < -0.4 is 0 Å². The van der Waals surface area contributed by atoms with Crippen LogP contribution in [0.4, 0.5) is 0 Å². The van der Waals surface area contributed by atoms with Gasteiger partial charge in [-0.15, -0.1) is 10.2 Å². The fourth-order valence-corrected chi connectivity index (χ4v) is 2.34. The average Bonchev–Trinajstić information content (AvgIpc) is 3.14. The molecule has 0 N–H and O–H groups in total. The lowest BCUT2D eigenvalue weighted by atomic mass is 10.1. The summed E-state index contributed by atoms with van der Waals surface area (Å²) in [5, 5.41) is 8.21. The quantitative estimate of drug-likeness (QED) is 0.632. The van der Waals surface area contributed by atoms with Gasteiger partial charge in [-0.1, -0.05) is 23.7 Å². The molecule has 0 saturated heterocycles. The van der Waals surface area contributed by atoms with Crippen molar-refractivity contribution in [3.63, 3.8) is 0 Å². The van der Waals surface area contributed by atoms with Gasteiger partial charge >= 0.3 is 11.9 Å². The van der Waals surface area contributed by atoms with E-state index in [-0.39, 0.29) is 24.0 Å². The molecule has 26 heavy (non-hydrogen) atoms. The third-order valence-corrected chi connectivity index (χ3v) is 3.77. The number of esters is 2. The third kappa shape index (κ3) is 3.89. The molecule has 0 aliphatic heterocycles. The summed E-state index contributed by atoms with van der Waals surface area (Å²) in [6, 6.07) is 12.9. The van der Waals surface area contributed by atoms with Crippen LogP contribution in [0.5, 0.6) is 0 Å². The molecule has 3 aromatic rings. The normalized spacial score (nSPS) is 10.4. The first-order chi connectivity index (χ1) is 12.6. The largest absolute Gasteiger partial charge is 0.465 e. The Morgan fingerprint density at radius 2 is 1.65 bits per heavy atom. The second-order valence-electron chi connectivity index (χ2n) is 5.13. The zero-order valence-corrected chi connectivity index (χ0v) is 14.4. The van der Waals surface area contributed by atoms with E-state index in [1.165, 1.54) is 31.4 Å². The fourth-order valence-electron chi connectivity index (χ4n) is 2.13. The number of methoxy groups -OCH3 is 1. The van der Waals surface area contributed by atoms with Crippen LogP contribution in [0.25, 0.3) is 11.5 Å². The highest BCUT2D eigenvalue weighted by Crippen LogP contribution is 2.26. The van der Waals surface area contributed by atoms with Crippen LogP contribution in [-0.4, -0.2) is 29.2 Å². The molecule has 2 aromatic carbocycles. The van der Waals surface area contributed by atoms with Gasteiger partial charge in [-0.25, -0.2) is 9.59 Å². The van der Waals surface area contributed by atoms with Crippen LogP contribution in [0.1, 0.15) is 26.6 Å². The molecule has 0 amide bonds. The Balaban J connectivity index is 1.63. The van der Waals surface area contributed by atoms with Gasteiger partial charge in [0.15, 0.2) is 6.61 Å². The lowest BCUT2D eigenvalue weighted by molar-refractivity contribution is 0.0437. The molecular weight excluding hydrogens is 360 g/mol. The van der Waals surface area contributed by atoms with Crippen LogP contribution in [0.3, 0.4) is 0 Å². The Hall–Kier alpha value is -3.19. The zero-order valence-electron chi connectivity index (χ0n) is 13.6. The van der Waals surface area contributed by atoms with Gasteiger partial charge in [0.1, 0.15) is 0 Å². The number of rotatable bonds is 5. The summed E-state index contributed by atoms with van der Waals surface area (Å²) in [6.45, 7) is -0.185. The van der Waals surface area contributed by atoms with Crippen molar-refractivity contribution in [2.45, 2.75) is 6.61 Å². The average molecular weight is 373 g/mol. The molecule has 0 unspecified atom stereocenters. The number of hydrogen-bond donors (Lipinski definition) is 0. The minimum Gasteiger partial charge on any atom is -0.465 e. The smallest absolute Gasteiger partial charge is 0.338 e. The van der Waals surface area contributed by atoms with Gasteiger partial charge in [0, 0.05) is 0 Å². The third-order valence-electron chi connectivity index (χ3n) is 3.44. The Morgan fingerprint density at radius 3 is 2.31 bits per heavy atom. The zero-order chi connectivity index (χ0) is 18.5. The molecule has 0 bridgehead atoms. The minimum atomic E-state index is -0.584. The highest BCUT2D eigenvalue weighted by Gasteiger charge is 2.14. The van der Waals surface area contributed by atoms with Crippen molar-refractivity contribution >= 4 is 23.5 Å². The summed E-state index contributed by atoms with van der Waals surface area (Å²) in [6.07, 6.45) is 0. The molecule has 132 valence electrons. The molecule has 0 fully saturated rings. The van der Waals surface area contributed by atoms with Crippen LogP contribution in [-0.2, 0) is 16.1 Å². The lowest BCUT2D eigenvalue weighted by Gasteiger charge is -2.03. The number of ether oxygens (including phenoxy) is 2. The van der Waals surface area contributed by atoms with Gasteiger partial charge in [-0.2, -0.15) is 0 Å². The van der Waals surface area contributed by atoms with E-state index in [1.54, 1.807) is 24.3 Å². The van der Waals surface area contributed by atoms with Gasteiger partial charge in [0.25, 0.3) is 5.89 Å². The molecule has 1 aromatic heterocycles. The van der Waals surface area contributed by atoms with E-state index in [0.29, 0.717) is 16.1 Å². The van der Waals surface area contributed by atoms with Crippen LogP contribution in [0.15, 0.2) is 52.9 Å². The van der Waals surface area contributed by atoms with Gasteiger partial charge in [-0.3, -0.25) is 0 Å². The first-order valence-electron chi connectivity index (χ1n) is 7.51. The van der Waals surface area contributed by atoms with E-state index in [4.69, 9.17) is 20.8 Å². The van der Waals surface area contributed by atoms with Crippen molar-refractivity contribution in [2.24, 2.45) is 0 Å². The van der Waals surface area contributed by atoms with E-state index < -0.39 is 11.9 Å². The van der Waals surface area contributed by atoms with E-state index in [0.717, 1.165) is 0 Å². The van der Waals surface area contributed by atoms with Gasteiger partial charge in [-0.05, 0) is 36.4 Å². The number of benzene rings is 2. The Labute approximate surface area is 153 Å². The number of halogens is 1. The fraction of sp³-hybridized carbons (Fsp3) is 0.111. The summed E-state index contributed by atoms with van der Waals surface area (Å²) < 4.78 is 15.2. The second-order valence-corrected chi connectivity index (χ2v) is 5.53. The number of nitrogens with zero attached hydrogens (tertiary/aromatic N) is 2. The number of carbonyl (C=O) groups excluding carboxylic acids is 2. The minimum absolute atomic E-state index is 0.138. The first-order valence-corrected chi connectivity index (χ1v) is 7.89. The van der Waals surface area contributed by atoms with Crippen LogP contribution in [0.2, 0.25) is 5.02 Å². The summed E-state index contributed by atoms with van der Waals surface area (Å²) in [5.41, 5.74) is 1.21. The Bertz CT molecular complexity index is 937. The molecule has 7 nitrogen and oxygen atoms in total. The maximum atomic E-state index is 12.1. The van der Waals surface area contributed by atoms with Crippen molar-refractivity contribution in [1.29, 1.82) is 0 Å². The lowest BCUT2D eigenvalue weighted by Crippen LogP contribution is -2.07. The predicted octanol–water partition coefficient (Wildman–Crippen LogP) is 3.53. The number of carbonyl (C=O) groups is 2. The van der Waals surface area contributed by atoms with E-state index in [1.807, 2.05) is 0 Å². The number of hydrogen-bond acceptors (Lipinski definition) is 7.